The van der Waals surface area contributed by atoms with E-state index < -0.39 is 5.67 Å². The molecule has 0 bridgehead atoms. The van der Waals surface area contributed by atoms with Gasteiger partial charge in [0.15, 0.2) is 0 Å². The summed E-state index contributed by atoms with van der Waals surface area (Å²) in [7, 11) is 1.60. The van der Waals surface area contributed by atoms with E-state index in [1.165, 1.54) is 0 Å². The quantitative estimate of drug-likeness (QED) is 0.836. The van der Waals surface area contributed by atoms with Crippen LogP contribution < -0.4 is 10.5 Å². The molecule has 2 N–H and O–H groups in total. The molecule has 0 aliphatic rings. The predicted octanol–water partition coefficient (Wildman–Crippen LogP) is 2.93. The van der Waals surface area contributed by atoms with Gasteiger partial charge >= 0.3 is 0 Å². The Kier molecular flexibility index (Phi) is 4.30. The van der Waals surface area contributed by atoms with Crippen molar-refractivity contribution in [1.29, 1.82) is 0 Å². The molecule has 1 atom stereocenters. The fraction of sp³-hybridized carbons (Fsp3) is 0.538. The second kappa shape index (κ2) is 5.30. The van der Waals surface area contributed by atoms with Gasteiger partial charge in [0.25, 0.3) is 0 Å². The van der Waals surface area contributed by atoms with Crippen LogP contribution in [0.5, 0.6) is 5.75 Å². The van der Waals surface area contributed by atoms with E-state index in [4.69, 9.17) is 10.5 Å². The zero-order chi connectivity index (χ0) is 12.2. The molecule has 0 aromatic heterocycles. The molecule has 0 fully saturated rings. The minimum absolute atomic E-state index is 0.0218. The molecule has 0 heterocycles. The minimum Gasteiger partial charge on any atom is -0.497 e. The van der Waals surface area contributed by atoms with Crippen LogP contribution in [0.4, 0.5) is 4.39 Å². The molecule has 0 aliphatic heterocycles. The van der Waals surface area contributed by atoms with Crippen molar-refractivity contribution in [3.05, 3.63) is 29.3 Å². The highest BCUT2D eigenvalue weighted by Gasteiger charge is 2.30. The number of hydrogen-bond acceptors (Lipinski definition) is 2. The van der Waals surface area contributed by atoms with E-state index in [2.05, 4.69) is 0 Å². The summed E-state index contributed by atoms with van der Waals surface area (Å²) < 4.78 is 19.7. The number of rotatable bonds is 5. The van der Waals surface area contributed by atoms with Crippen LogP contribution in [0, 0.1) is 6.92 Å². The van der Waals surface area contributed by atoms with Gasteiger partial charge in [0.05, 0.1) is 7.11 Å². The number of benzene rings is 1. The molecular weight excluding hydrogens is 205 g/mol. The normalized spacial score (nSPS) is 14.6. The van der Waals surface area contributed by atoms with Crippen LogP contribution in [-0.4, -0.2) is 13.7 Å². The van der Waals surface area contributed by atoms with E-state index in [-0.39, 0.29) is 6.54 Å². The number of aryl methyl sites for hydroxylation is 1. The van der Waals surface area contributed by atoms with Gasteiger partial charge in [-0.05, 0) is 36.6 Å². The third kappa shape index (κ3) is 2.53. The molecule has 0 spiro atoms. The number of hydrogen-bond donors (Lipinski definition) is 1. The van der Waals surface area contributed by atoms with Gasteiger partial charge in [-0.15, -0.1) is 0 Å². The topological polar surface area (TPSA) is 35.2 Å². The van der Waals surface area contributed by atoms with Gasteiger partial charge in [-0.25, -0.2) is 4.39 Å². The zero-order valence-electron chi connectivity index (χ0n) is 10.2. The van der Waals surface area contributed by atoms with Gasteiger partial charge in [0.2, 0.25) is 0 Å². The van der Waals surface area contributed by atoms with Crippen molar-refractivity contribution in [3.8, 4) is 5.75 Å². The van der Waals surface area contributed by atoms with Gasteiger partial charge in [-0.3, -0.25) is 0 Å². The number of nitrogens with two attached hydrogens (primary N) is 1. The lowest BCUT2D eigenvalue weighted by Crippen LogP contribution is -2.31. The van der Waals surface area contributed by atoms with E-state index in [0.717, 1.165) is 17.7 Å². The van der Waals surface area contributed by atoms with Gasteiger partial charge in [0.1, 0.15) is 11.4 Å². The average molecular weight is 225 g/mol. The van der Waals surface area contributed by atoms with Crippen LogP contribution in [0.2, 0.25) is 0 Å². The van der Waals surface area contributed by atoms with Crippen molar-refractivity contribution in [2.24, 2.45) is 5.73 Å². The van der Waals surface area contributed by atoms with Crippen molar-refractivity contribution in [1.82, 2.24) is 0 Å². The number of halogens is 1. The summed E-state index contributed by atoms with van der Waals surface area (Å²) in [6, 6.07) is 5.40. The maximum Gasteiger partial charge on any atom is 0.148 e. The van der Waals surface area contributed by atoms with Crippen molar-refractivity contribution in [3.63, 3.8) is 0 Å². The van der Waals surface area contributed by atoms with Crippen molar-refractivity contribution in [2.75, 3.05) is 13.7 Å². The molecule has 1 aromatic carbocycles. The Morgan fingerprint density at radius 2 is 2.12 bits per heavy atom. The maximum atomic E-state index is 14.6. The molecular formula is C13H20FNO. The largest absolute Gasteiger partial charge is 0.497 e. The molecule has 1 unspecified atom stereocenters. The van der Waals surface area contributed by atoms with Crippen LogP contribution in [0.15, 0.2) is 18.2 Å². The average Bonchev–Trinajstić information content (AvgIpc) is 2.28. The molecule has 16 heavy (non-hydrogen) atoms. The van der Waals surface area contributed by atoms with Crippen molar-refractivity contribution < 1.29 is 9.13 Å². The molecule has 3 heteroatoms. The van der Waals surface area contributed by atoms with Crippen LogP contribution >= 0.6 is 0 Å². The Morgan fingerprint density at radius 1 is 1.44 bits per heavy atom. The summed E-state index contributed by atoms with van der Waals surface area (Å²) in [6.07, 6.45) is 1.23. The summed E-state index contributed by atoms with van der Waals surface area (Å²) >= 11 is 0. The third-order valence-corrected chi connectivity index (χ3v) is 2.89. The molecule has 1 aromatic rings. The lowest BCUT2D eigenvalue weighted by molar-refractivity contribution is 0.158. The second-order valence-corrected chi connectivity index (χ2v) is 4.10. The van der Waals surface area contributed by atoms with Gasteiger partial charge in [-0.2, -0.15) is 0 Å². The molecule has 1 rings (SSSR count). The fourth-order valence-corrected chi connectivity index (χ4v) is 2.01. The Labute approximate surface area is 96.6 Å². The van der Waals surface area contributed by atoms with Crippen LogP contribution in [0.25, 0.3) is 0 Å². The van der Waals surface area contributed by atoms with Crippen LogP contribution in [0.3, 0.4) is 0 Å². The Hall–Kier alpha value is -1.09. The van der Waals surface area contributed by atoms with Crippen molar-refractivity contribution in [2.45, 2.75) is 32.4 Å². The number of ether oxygens (including phenoxy) is 1. The molecule has 0 radical (unpaired) electrons. The van der Waals surface area contributed by atoms with Gasteiger partial charge in [-0.1, -0.05) is 19.4 Å². The first kappa shape index (κ1) is 13.0. The van der Waals surface area contributed by atoms with Gasteiger partial charge < -0.3 is 10.5 Å². The summed E-state index contributed by atoms with van der Waals surface area (Å²) in [5.41, 5.74) is 5.71. The molecule has 2 nitrogen and oxygen atoms in total. The second-order valence-electron chi connectivity index (χ2n) is 4.10. The number of methoxy groups -OCH3 is 1. The fourth-order valence-electron chi connectivity index (χ4n) is 2.01. The first-order chi connectivity index (χ1) is 7.57. The lowest BCUT2D eigenvalue weighted by Gasteiger charge is -2.25. The van der Waals surface area contributed by atoms with E-state index in [0.29, 0.717) is 12.0 Å². The zero-order valence-corrected chi connectivity index (χ0v) is 10.2. The first-order valence-electron chi connectivity index (χ1n) is 5.61. The first-order valence-corrected chi connectivity index (χ1v) is 5.61. The Balaban J connectivity index is 3.10. The minimum atomic E-state index is -1.41. The van der Waals surface area contributed by atoms with E-state index in [1.807, 2.05) is 19.9 Å². The van der Waals surface area contributed by atoms with Crippen molar-refractivity contribution >= 4 is 0 Å². The van der Waals surface area contributed by atoms with Crippen LogP contribution in [0.1, 0.15) is 30.9 Å². The molecule has 0 amide bonds. The summed E-state index contributed by atoms with van der Waals surface area (Å²) in [5, 5.41) is 0. The molecule has 0 saturated heterocycles. The highest BCUT2D eigenvalue weighted by molar-refractivity contribution is 5.38. The predicted molar refractivity (Wildman–Crippen MR) is 64.5 cm³/mol. The van der Waals surface area contributed by atoms with E-state index in [9.17, 15) is 4.39 Å². The maximum absolute atomic E-state index is 14.6. The van der Waals surface area contributed by atoms with Crippen LogP contribution in [-0.2, 0) is 5.67 Å². The Bertz CT molecular complexity index is 354. The SMILES string of the molecule is CCCC(F)(CN)c1ccc(OC)cc1C. The standard InChI is InChI=1S/C13H20FNO/c1-4-7-13(14,9-15)12-6-5-11(16-3)8-10(12)2/h5-6,8H,4,7,9,15H2,1-3H3. The highest BCUT2D eigenvalue weighted by Crippen LogP contribution is 2.33. The highest BCUT2D eigenvalue weighted by atomic mass is 19.1. The van der Waals surface area contributed by atoms with Gasteiger partial charge in [0, 0.05) is 6.54 Å². The molecule has 0 saturated carbocycles. The summed E-state index contributed by atoms with van der Waals surface area (Å²) in [5.74, 6) is 0.747. The molecule has 0 aliphatic carbocycles. The summed E-state index contributed by atoms with van der Waals surface area (Å²) in [4.78, 5) is 0. The summed E-state index contributed by atoms with van der Waals surface area (Å²) in [6.45, 7) is 3.87. The monoisotopic (exact) mass is 225 g/mol. The lowest BCUT2D eigenvalue weighted by atomic mass is 9.88. The Morgan fingerprint density at radius 3 is 2.56 bits per heavy atom. The molecule has 90 valence electrons. The smallest absolute Gasteiger partial charge is 0.148 e. The van der Waals surface area contributed by atoms with E-state index >= 15 is 0 Å². The van der Waals surface area contributed by atoms with E-state index in [1.54, 1.807) is 19.2 Å². The number of alkyl halides is 1. The third-order valence-electron chi connectivity index (χ3n) is 2.89.